The average Bonchev–Trinajstić information content (AvgIpc) is 2.04. The SMILES string of the molecule is CCC1CCC(N)(CC(N)=O)CC1. The minimum Gasteiger partial charge on any atom is -0.370 e. The van der Waals surface area contributed by atoms with E-state index >= 15 is 0 Å². The molecule has 0 aromatic rings. The molecule has 3 nitrogen and oxygen atoms in total. The molecule has 0 atom stereocenters. The molecule has 3 heteroatoms. The van der Waals surface area contributed by atoms with E-state index in [-0.39, 0.29) is 11.4 Å². The monoisotopic (exact) mass is 184 g/mol. The van der Waals surface area contributed by atoms with Crippen molar-refractivity contribution in [1.82, 2.24) is 0 Å². The van der Waals surface area contributed by atoms with Gasteiger partial charge >= 0.3 is 0 Å². The van der Waals surface area contributed by atoms with Gasteiger partial charge < -0.3 is 11.5 Å². The van der Waals surface area contributed by atoms with E-state index in [1.165, 1.54) is 6.42 Å². The fraction of sp³-hybridized carbons (Fsp3) is 0.900. The van der Waals surface area contributed by atoms with Gasteiger partial charge in [0.15, 0.2) is 0 Å². The van der Waals surface area contributed by atoms with E-state index in [2.05, 4.69) is 6.92 Å². The Morgan fingerprint density at radius 1 is 1.46 bits per heavy atom. The third kappa shape index (κ3) is 2.99. The van der Waals surface area contributed by atoms with Crippen molar-refractivity contribution in [2.45, 2.75) is 51.0 Å². The molecule has 0 bridgehead atoms. The summed E-state index contributed by atoms with van der Waals surface area (Å²) in [6.07, 6.45) is 5.79. The van der Waals surface area contributed by atoms with Crippen LogP contribution in [0.25, 0.3) is 0 Å². The van der Waals surface area contributed by atoms with Gasteiger partial charge in [0.1, 0.15) is 0 Å². The largest absolute Gasteiger partial charge is 0.370 e. The fourth-order valence-electron chi connectivity index (χ4n) is 2.18. The van der Waals surface area contributed by atoms with Crippen molar-refractivity contribution in [2.75, 3.05) is 0 Å². The van der Waals surface area contributed by atoms with Gasteiger partial charge in [-0.3, -0.25) is 4.79 Å². The van der Waals surface area contributed by atoms with Crippen LogP contribution in [0.3, 0.4) is 0 Å². The number of carbonyl (C=O) groups excluding carboxylic acids is 1. The molecule has 4 N–H and O–H groups in total. The molecular formula is C10H20N2O. The number of rotatable bonds is 3. The normalized spacial score (nSPS) is 34.5. The Bertz CT molecular complexity index is 183. The lowest BCUT2D eigenvalue weighted by molar-refractivity contribution is -0.119. The van der Waals surface area contributed by atoms with E-state index < -0.39 is 0 Å². The van der Waals surface area contributed by atoms with Crippen LogP contribution >= 0.6 is 0 Å². The number of hydrogen-bond donors (Lipinski definition) is 2. The third-order valence-corrected chi connectivity index (χ3v) is 3.20. The summed E-state index contributed by atoms with van der Waals surface area (Å²) < 4.78 is 0. The van der Waals surface area contributed by atoms with Crippen molar-refractivity contribution in [3.05, 3.63) is 0 Å². The molecular weight excluding hydrogens is 164 g/mol. The van der Waals surface area contributed by atoms with E-state index in [9.17, 15) is 4.79 Å². The highest BCUT2D eigenvalue weighted by molar-refractivity contribution is 5.75. The van der Waals surface area contributed by atoms with E-state index in [4.69, 9.17) is 11.5 Å². The number of carbonyl (C=O) groups is 1. The molecule has 0 heterocycles. The molecule has 0 radical (unpaired) electrons. The van der Waals surface area contributed by atoms with Crippen LogP contribution in [-0.4, -0.2) is 11.4 Å². The van der Waals surface area contributed by atoms with Crippen molar-refractivity contribution in [3.8, 4) is 0 Å². The topological polar surface area (TPSA) is 69.1 Å². The van der Waals surface area contributed by atoms with Gasteiger partial charge in [0.05, 0.1) is 0 Å². The molecule has 1 aliphatic rings. The van der Waals surface area contributed by atoms with Gasteiger partial charge in [0.25, 0.3) is 0 Å². The first-order valence-corrected chi connectivity index (χ1v) is 5.13. The Kier molecular flexibility index (Phi) is 3.31. The van der Waals surface area contributed by atoms with Crippen LogP contribution in [0, 0.1) is 5.92 Å². The Morgan fingerprint density at radius 3 is 2.38 bits per heavy atom. The first kappa shape index (κ1) is 10.5. The third-order valence-electron chi connectivity index (χ3n) is 3.20. The van der Waals surface area contributed by atoms with Crippen molar-refractivity contribution in [1.29, 1.82) is 0 Å². The zero-order valence-electron chi connectivity index (χ0n) is 8.38. The summed E-state index contributed by atoms with van der Waals surface area (Å²) in [5.74, 6) is 0.544. The van der Waals surface area contributed by atoms with Crippen LogP contribution in [0.1, 0.15) is 45.4 Å². The smallest absolute Gasteiger partial charge is 0.219 e. The highest BCUT2D eigenvalue weighted by Gasteiger charge is 2.32. The standard InChI is InChI=1S/C10H20N2O/c1-2-8-3-5-10(12,6-4-8)7-9(11)13/h8H,2-7,12H2,1H3,(H2,11,13). The van der Waals surface area contributed by atoms with Crippen LogP contribution < -0.4 is 11.5 Å². The summed E-state index contributed by atoms with van der Waals surface area (Å²) in [6, 6.07) is 0. The second kappa shape index (κ2) is 4.09. The molecule has 1 rings (SSSR count). The van der Waals surface area contributed by atoms with E-state index in [1.807, 2.05) is 0 Å². The van der Waals surface area contributed by atoms with Gasteiger partial charge in [-0.2, -0.15) is 0 Å². The van der Waals surface area contributed by atoms with Crippen molar-refractivity contribution in [3.63, 3.8) is 0 Å². The van der Waals surface area contributed by atoms with Crippen molar-refractivity contribution in [2.24, 2.45) is 17.4 Å². The maximum absolute atomic E-state index is 10.8. The molecule has 1 amide bonds. The molecule has 1 aliphatic carbocycles. The molecule has 1 saturated carbocycles. The number of hydrogen-bond acceptors (Lipinski definition) is 2. The van der Waals surface area contributed by atoms with E-state index in [0.717, 1.165) is 31.6 Å². The summed E-state index contributed by atoms with van der Waals surface area (Å²) >= 11 is 0. The lowest BCUT2D eigenvalue weighted by Crippen LogP contribution is -2.46. The lowest BCUT2D eigenvalue weighted by Gasteiger charge is -2.36. The summed E-state index contributed by atoms with van der Waals surface area (Å²) in [7, 11) is 0. The maximum atomic E-state index is 10.8. The van der Waals surface area contributed by atoms with Gasteiger partial charge in [-0.25, -0.2) is 0 Å². The molecule has 13 heavy (non-hydrogen) atoms. The van der Waals surface area contributed by atoms with Gasteiger partial charge in [-0.05, 0) is 31.6 Å². The minimum absolute atomic E-state index is 0.266. The van der Waals surface area contributed by atoms with Gasteiger partial charge in [-0.1, -0.05) is 13.3 Å². The first-order chi connectivity index (χ1) is 6.06. The molecule has 76 valence electrons. The van der Waals surface area contributed by atoms with Crippen LogP contribution in [0.5, 0.6) is 0 Å². The molecule has 0 spiro atoms. The summed E-state index contributed by atoms with van der Waals surface area (Å²) in [4.78, 5) is 10.8. The van der Waals surface area contributed by atoms with Crippen LogP contribution in [0.15, 0.2) is 0 Å². The first-order valence-electron chi connectivity index (χ1n) is 5.13. The molecule has 0 unspecified atom stereocenters. The fourth-order valence-corrected chi connectivity index (χ4v) is 2.18. The van der Waals surface area contributed by atoms with Crippen molar-refractivity contribution >= 4 is 5.91 Å². The predicted octanol–water partition coefficient (Wildman–Crippen LogP) is 1.16. The quantitative estimate of drug-likeness (QED) is 0.691. The maximum Gasteiger partial charge on any atom is 0.219 e. The highest BCUT2D eigenvalue weighted by Crippen LogP contribution is 2.33. The lowest BCUT2D eigenvalue weighted by atomic mass is 9.74. The van der Waals surface area contributed by atoms with Crippen LogP contribution in [0.4, 0.5) is 0 Å². The summed E-state index contributed by atoms with van der Waals surface area (Å²) in [5, 5.41) is 0. The van der Waals surface area contributed by atoms with Gasteiger partial charge in [0, 0.05) is 12.0 Å². The Morgan fingerprint density at radius 2 is 2.00 bits per heavy atom. The second-order valence-electron chi connectivity index (χ2n) is 4.36. The molecule has 0 saturated heterocycles. The number of amides is 1. The highest BCUT2D eigenvalue weighted by atomic mass is 16.1. The van der Waals surface area contributed by atoms with Gasteiger partial charge in [-0.15, -0.1) is 0 Å². The molecule has 0 aromatic heterocycles. The second-order valence-corrected chi connectivity index (χ2v) is 4.36. The minimum atomic E-state index is -0.294. The van der Waals surface area contributed by atoms with E-state index in [0.29, 0.717) is 6.42 Å². The molecule has 0 aliphatic heterocycles. The predicted molar refractivity (Wildman–Crippen MR) is 53.0 cm³/mol. The average molecular weight is 184 g/mol. The van der Waals surface area contributed by atoms with Crippen molar-refractivity contribution < 1.29 is 4.79 Å². The zero-order chi connectivity index (χ0) is 9.90. The van der Waals surface area contributed by atoms with Crippen LogP contribution in [-0.2, 0) is 4.79 Å². The van der Waals surface area contributed by atoms with E-state index in [1.54, 1.807) is 0 Å². The zero-order valence-corrected chi connectivity index (χ0v) is 8.38. The number of primary amides is 1. The van der Waals surface area contributed by atoms with Crippen LogP contribution in [0.2, 0.25) is 0 Å². The van der Waals surface area contributed by atoms with Gasteiger partial charge in [0.2, 0.25) is 5.91 Å². The Labute approximate surface area is 79.9 Å². The number of nitrogens with two attached hydrogens (primary N) is 2. The summed E-state index contributed by atoms with van der Waals surface area (Å²) in [6.45, 7) is 2.21. The molecule has 1 fully saturated rings. The molecule has 0 aromatic carbocycles. The Hall–Kier alpha value is -0.570. The Balaban J connectivity index is 2.41. The summed E-state index contributed by atoms with van der Waals surface area (Å²) in [5.41, 5.74) is 10.9.